The minimum Gasteiger partial charge on any atom is -0.267 e. The van der Waals surface area contributed by atoms with Crippen molar-refractivity contribution in [2.75, 3.05) is 0 Å². The van der Waals surface area contributed by atoms with Crippen LogP contribution >= 0.6 is 0 Å². The van der Waals surface area contributed by atoms with Gasteiger partial charge in [-0.05, 0) is 63.3 Å². The second-order valence-electron chi connectivity index (χ2n) is 12.9. The molecule has 3 amide bonds. The Bertz CT molecular complexity index is 1290. The molecule has 0 spiro atoms. The van der Waals surface area contributed by atoms with Gasteiger partial charge in [0.2, 0.25) is 0 Å². The molecule has 6 heteroatoms. The maximum Gasteiger partial charge on any atom is 0.292 e. The normalized spacial score (nSPS) is 12.0. The third-order valence-corrected chi connectivity index (χ3v) is 6.45. The van der Waals surface area contributed by atoms with Crippen LogP contribution in [-0.4, -0.2) is 22.8 Å². The van der Waals surface area contributed by atoms with Gasteiger partial charge in [0.05, 0.1) is 0 Å². The molecular formula is C33H41N3O3. The topological polar surface area (TPSA) is 78.5 Å². The van der Waals surface area contributed by atoms with Crippen molar-refractivity contribution < 1.29 is 14.4 Å². The van der Waals surface area contributed by atoms with Crippen LogP contribution in [-0.2, 0) is 16.2 Å². The minimum atomic E-state index is -0.528. The van der Waals surface area contributed by atoms with Crippen molar-refractivity contribution in [1.82, 2.24) is 16.0 Å². The molecule has 0 unspecified atom stereocenters. The first-order chi connectivity index (χ1) is 18.0. The summed E-state index contributed by atoms with van der Waals surface area (Å²) in [6.45, 7) is 19.2. The van der Waals surface area contributed by atoms with Crippen LogP contribution in [0.3, 0.4) is 0 Å². The molecule has 0 saturated heterocycles. The van der Waals surface area contributed by atoms with Crippen molar-refractivity contribution in [2.45, 2.75) is 78.6 Å². The molecule has 0 saturated carbocycles. The van der Waals surface area contributed by atoms with Gasteiger partial charge in [0.1, 0.15) is 0 Å². The highest BCUT2D eigenvalue weighted by atomic mass is 16.2. The SMILES string of the molecule is CC(C)(C)c1ccc(C(=O)N(NC(=O)c2ccccc2)NC(=O)c2ccccc2)c(C(C)(C)C)c1C(C)(C)C. The smallest absolute Gasteiger partial charge is 0.267 e. The molecule has 0 aliphatic rings. The average molecular weight is 528 g/mol. The van der Waals surface area contributed by atoms with Gasteiger partial charge in [-0.15, -0.1) is 0 Å². The van der Waals surface area contributed by atoms with Crippen LogP contribution in [0.5, 0.6) is 0 Å². The van der Waals surface area contributed by atoms with Crippen molar-refractivity contribution in [3.05, 3.63) is 106 Å². The number of benzene rings is 3. The first kappa shape index (κ1) is 29.6. The van der Waals surface area contributed by atoms with E-state index < -0.39 is 23.1 Å². The molecular weight excluding hydrogens is 486 g/mol. The highest BCUT2D eigenvalue weighted by molar-refractivity contribution is 6.02. The first-order valence-corrected chi connectivity index (χ1v) is 13.3. The Hall–Kier alpha value is -3.93. The van der Waals surface area contributed by atoms with E-state index in [0.29, 0.717) is 16.7 Å². The Morgan fingerprint density at radius 3 is 1.31 bits per heavy atom. The fourth-order valence-electron chi connectivity index (χ4n) is 4.73. The number of hydrogen-bond acceptors (Lipinski definition) is 3. The van der Waals surface area contributed by atoms with Crippen LogP contribution in [0.4, 0.5) is 0 Å². The molecule has 6 nitrogen and oxygen atoms in total. The molecule has 0 heterocycles. The zero-order valence-corrected chi connectivity index (χ0v) is 24.6. The second kappa shape index (κ2) is 11.0. The quantitative estimate of drug-likeness (QED) is 0.372. The van der Waals surface area contributed by atoms with E-state index in [0.717, 1.165) is 21.8 Å². The van der Waals surface area contributed by atoms with Crippen LogP contribution < -0.4 is 10.9 Å². The molecule has 2 N–H and O–H groups in total. The Morgan fingerprint density at radius 2 is 0.949 bits per heavy atom. The van der Waals surface area contributed by atoms with Gasteiger partial charge in [0, 0.05) is 16.7 Å². The van der Waals surface area contributed by atoms with E-state index >= 15 is 0 Å². The third-order valence-electron chi connectivity index (χ3n) is 6.45. The molecule has 3 aromatic carbocycles. The van der Waals surface area contributed by atoms with Gasteiger partial charge in [0.25, 0.3) is 17.7 Å². The Labute approximate surface area is 232 Å². The number of rotatable bonds is 3. The van der Waals surface area contributed by atoms with E-state index in [1.807, 2.05) is 12.1 Å². The Balaban J connectivity index is 2.19. The van der Waals surface area contributed by atoms with Crippen molar-refractivity contribution >= 4 is 17.7 Å². The van der Waals surface area contributed by atoms with E-state index in [-0.39, 0.29) is 10.8 Å². The zero-order chi connectivity index (χ0) is 29.2. The number of carbonyl (C=O) groups excluding carboxylic acids is 3. The summed E-state index contributed by atoms with van der Waals surface area (Å²) in [5.41, 5.74) is 8.69. The fourth-order valence-corrected chi connectivity index (χ4v) is 4.73. The van der Waals surface area contributed by atoms with E-state index in [9.17, 15) is 14.4 Å². The summed E-state index contributed by atoms with van der Waals surface area (Å²) in [4.78, 5) is 40.6. The van der Waals surface area contributed by atoms with Gasteiger partial charge >= 0.3 is 0 Å². The third kappa shape index (κ3) is 6.94. The lowest BCUT2D eigenvalue weighted by molar-refractivity contribution is 0.0416. The van der Waals surface area contributed by atoms with E-state index in [1.165, 1.54) is 0 Å². The number of hydrazine groups is 2. The van der Waals surface area contributed by atoms with Crippen molar-refractivity contribution in [2.24, 2.45) is 0 Å². The van der Waals surface area contributed by atoms with Gasteiger partial charge in [-0.3, -0.25) is 14.4 Å². The molecule has 206 valence electrons. The maximum absolute atomic E-state index is 14.3. The average Bonchev–Trinajstić information content (AvgIpc) is 2.86. The van der Waals surface area contributed by atoms with Gasteiger partial charge < -0.3 is 0 Å². The summed E-state index contributed by atoms with van der Waals surface area (Å²) in [5.74, 6) is -1.56. The van der Waals surface area contributed by atoms with Crippen LogP contribution in [0.2, 0.25) is 0 Å². The lowest BCUT2D eigenvalue weighted by Crippen LogP contribution is -2.56. The number of amides is 3. The van der Waals surface area contributed by atoms with Crippen molar-refractivity contribution in [3.63, 3.8) is 0 Å². The maximum atomic E-state index is 14.3. The van der Waals surface area contributed by atoms with E-state index in [2.05, 4.69) is 73.2 Å². The molecule has 3 aromatic rings. The van der Waals surface area contributed by atoms with Crippen molar-refractivity contribution in [3.8, 4) is 0 Å². The lowest BCUT2D eigenvalue weighted by Gasteiger charge is -2.38. The van der Waals surface area contributed by atoms with Gasteiger partial charge in [0.15, 0.2) is 0 Å². The standard InChI is InChI=1S/C33H41N3O3/c1-31(2,3)25-21-20-24(26(32(4,5)6)27(25)33(7,8)9)30(39)36(34-28(37)22-16-12-10-13-17-22)35-29(38)23-18-14-11-15-19-23/h10-21H,1-9H3,(H,34,37)(H,35,38). The molecule has 3 rings (SSSR count). The summed E-state index contributed by atoms with van der Waals surface area (Å²) in [6, 6.07) is 21.0. The van der Waals surface area contributed by atoms with Gasteiger partial charge in [-0.25, -0.2) is 10.9 Å². The monoisotopic (exact) mass is 527 g/mol. The molecule has 0 fully saturated rings. The van der Waals surface area contributed by atoms with Crippen LogP contribution in [0.15, 0.2) is 72.8 Å². The Morgan fingerprint density at radius 1 is 0.538 bits per heavy atom. The summed E-state index contributed by atoms with van der Waals surface area (Å²) in [6.07, 6.45) is 0. The molecule has 0 aromatic heterocycles. The van der Waals surface area contributed by atoms with Crippen LogP contribution in [0, 0.1) is 0 Å². The number of hydrogen-bond donors (Lipinski definition) is 2. The molecule has 0 aliphatic carbocycles. The lowest BCUT2D eigenvalue weighted by atomic mass is 9.67. The largest absolute Gasteiger partial charge is 0.292 e. The molecule has 0 aliphatic heterocycles. The highest BCUT2D eigenvalue weighted by Crippen LogP contribution is 2.42. The highest BCUT2D eigenvalue weighted by Gasteiger charge is 2.36. The number of nitrogens with zero attached hydrogens (tertiary/aromatic N) is 1. The van der Waals surface area contributed by atoms with E-state index in [1.54, 1.807) is 60.7 Å². The molecule has 0 atom stereocenters. The zero-order valence-electron chi connectivity index (χ0n) is 24.6. The van der Waals surface area contributed by atoms with Crippen LogP contribution in [0.1, 0.15) is 110 Å². The Kier molecular flexibility index (Phi) is 8.39. The van der Waals surface area contributed by atoms with Crippen LogP contribution in [0.25, 0.3) is 0 Å². The first-order valence-electron chi connectivity index (χ1n) is 13.3. The molecule has 0 bridgehead atoms. The summed E-state index contributed by atoms with van der Waals surface area (Å²) >= 11 is 0. The number of carbonyl (C=O) groups is 3. The predicted molar refractivity (Wildman–Crippen MR) is 157 cm³/mol. The molecule has 0 radical (unpaired) electrons. The summed E-state index contributed by atoms with van der Waals surface area (Å²) in [7, 11) is 0. The minimum absolute atomic E-state index is 0.160. The van der Waals surface area contributed by atoms with Crippen molar-refractivity contribution in [1.29, 1.82) is 0 Å². The summed E-state index contributed by atoms with van der Waals surface area (Å²) in [5, 5.41) is 0.915. The predicted octanol–water partition coefficient (Wildman–Crippen LogP) is 6.71. The fraction of sp³-hybridized carbons (Fsp3) is 0.364. The van der Waals surface area contributed by atoms with Gasteiger partial charge in [-0.2, -0.15) is 5.12 Å². The second-order valence-corrected chi connectivity index (χ2v) is 12.9. The molecule has 39 heavy (non-hydrogen) atoms. The summed E-state index contributed by atoms with van der Waals surface area (Å²) < 4.78 is 0. The van der Waals surface area contributed by atoms with Gasteiger partial charge in [-0.1, -0.05) is 105 Å². The van der Waals surface area contributed by atoms with E-state index in [4.69, 9.17) is 0 Å². The number of nitrogens with one attached hydrogen (secondary N) is 2.